The molecule has 1 atom stereocenters. The molecule has 0 aliphatic heterocycles. The number of hydrogen-bond acceptors (Lipinski definition) is 0. The molecule has 1 aliphatic carbocycles. The van der Waals surface area contributed by atoms with Crippen molar-refractivity contribution in [1.82, 2.24) is 0 Å². The topological polar surface area (TPSA) is 0 Å². The van der Waals surface area contributed by atoms with Gasteiger partial charge in [0, 0.05) is 10.4 Å². The van der Waals surface area contributed by atoms with Crippen LogP contribution in [0.25, 0.3) is 0 Å². The highest BCUT2D eigenvalue weighted by Gasteiger charge is 2.43. The molecule has 1 saturated carbocycles. The van der Waals surface area contributed by atoms with Crippen LogP contribution in [0, 0.1) is 5.41 Å². The van der Waals surface area contributed by atoms with Crippen LogP contribution in [0.2, 0.25) is 5.02 Å². The van der Waals surface area contributed by atoms with Gasteiger partial charge < -0.3 is 0 Å². The predicted octanol–water partition coefficient (Wildman–Crippen LogP) is 4.29. The average Bonchev–Trinajstić information content (AvgIpc) is 2.89. The van der Waals surface area contributed by atoms with Gasteiger partial charge in [-0.3, -0.25) is 0 Å². The van der Waals surface area contributed by atoms with E-state index in [-0.39, 0.29) is 5.38 Å². The van der Waals surface area contributed by atoms with E-state index in [1.54, 1.807) is 0 Å². The number of alkyl halides is 1. The van der Waals surface area contributed by atoms with Crippen molar-refractivity contribution in [2.75, 3.05) is 0 Å². The Bertz CT molecular complexity index is 312. The van der Waals surface area contributed by atoms with Crippen LogP contribution in [0.5, 0.6) is 0 Å². The van der Waals surface area contributed by atoms with Crippen molar-refractivity contribution < 1.29 is 0 Å². The quantitative estimate of drug-likeness (QED) is 0.678. The lowest BCUT2D eigenvalue weighted by Gasteiger charge is -2.16. The zero-order valence-electron chi connectivity index (χ0n) is 8.26. The summed E-state index contributed by atoms with van der Waals surface area (Å²) in [6.45, 7) is 2.26. The summed E-state index contributed by atoms with van der Waals surface area (Å²) in [6, 6.07) is 7.97. The van der Waals surface area contributed by atoms with Gasteiger partial charge in [-0.2, -0.15) is 0 Å². The molecular weight excluding hydrogens is 215 g/mol. The molecule has 0 amide bonds. The third kappa shape index (κ3) is 2.24. The molecule has 1 aromatic carbocycles. The molecule has 0 aromatic heterocycles. The van der Waals surface area contributed by atoms with Crippen LogP contribution in [-0.4, -0.2) is 5.38 Å². The minimum atomic E-state index is 0.267. The monoisotopic (exact) mass is 228 g/mol. The second-order valence-electron chi connectivity index (χ2n) is 4.45. The smallest absolute Gasteiger partial charge is 0.0430 e. The molecule has 2 heteroatoms. The van der Waals surface area contributed by atoms with Gasteiger partial charge in [-0.05, 0) is 42.4 Å². The Hall–Kier alpha value is -0.200. The molecule has 1 aromatic rings. The fourth-order valence-electron chi connectivity index (χ4n) is 1.58. The second kappa shape index (κ2) is 3.75. The summed E-state index contributed by atoms with van der Waals surface area (Å²) >= 11 is 12.2. The van der Waals surface area contributed by atoms with Crippen molar-refractivity contribution in [3.63, 3.8) is 0 Å². The van der Waals surface area contributed by atoms with Gasteiger partial charge >= 0.3 is 0 Å². The largest absolute Gasteiger partial charge is 0.122 e. The van der Waals surface area contributed by atoms with Crippen LogP contribution >= 0.6 is 23.2 Å². The molecule has 76 valence electrons. The molecule has 2 rings (SSSR count). The first kappa shape index (κ1) is 10.3. The molecule has 1 fully saturated rings. The Labute approximate surface area is 95.2 Å². The van der Waals surface area contributed by atoms with Gasteiger partial charge in [-0.25, -0.2) is 0 Å². The molecular formula is C12H14Cl2. The van der Waals surface area contributed by atoms with Crippen LogP contribution < -0.4 is 0 Å². The van der Waals surface area contributed by atoms with Crippen LogP contribution in [0.4, 0.5) is 0 Å². The van der Waals surface area contributed by atoms with Crippen molar-refractivity contribution in [3.8, 4) is 0 Å². The summed E-state index contributed by atoms with van der Waals surface area (Å²) in [5.41, 5.74) is 1.67. The first-order valence-corrected chi connectivity index (χ1v) is 5.80. The molecule has 0 N–H and O–H groups in total. The number of hydrogen-bond donors (Lipinski definition) is 0. The highest BCUT2D eigenvalue weighted by Crippen LogP contribution is 2.51. The van der Waals surface area contributed by atoms with E-state index in [0.29, 0.717) is 5.41 Å². The van der Waals surface area contributed by atoms with E-state index < -0.39 is 0 Å². The van der Waals surface area contributed by atoms with Crippen molar-refractivity contribution in [1.29, 1.82) is 0 Å². The molecule has 0 saturated heterocycles. The third-order valence-corrected chi connectivity index (χ3v) is 4.06. The van der Waals surface area contributed by atoms with Crippen LogP contribution in [0.15, 0.2) is 24.3 Å². The van der Waals surface area contributed by atoms with Crippen LogP contribution in [0.1, 0.15) is 25.3 Å². The zero-order chi connectivity index (χ0) is 10.2. The van der Waals surface area contributed by atoms with Gasteiger partial charge in [0.15, 0.2) is 0 Å². The lowest BCUT2D eigenvalue weighted by molar-refractivity contribution is 0.528. The van der Waals surface area contributed by atoms with Crippen molar-refractivity contribution in [2.45, 2.75) is 31.6 Å². The lowest BCUT2D eigenvalue weighted by atomic mass is 9.98. The standard InChI is InChI=1S/C12H14Cl2/c1-12(6-7-12)11(14)8-9-2-4-10(13)5-3-9/h2-5,11H,6-8H2,1H3. The Morgan fingerprint density at radius 3 is 2.36 bits per heavy atom. The fourth-order valence-corrected chi connectivity index (χ4v) is 2.11. The molecule has 0 radical (unpaired) electrons. The Kier molecular flexibility index (Phi) is 2.77. The van der Waals surface area contributed by atoms with Crippen molar-refractivity contribution in [2.24, 2.45) is 5.41 Å². The van der Waals surface area contributed by atoms with Gasteiger partial charge in [-0.1, -0.05) is 30.7 Å². The van der Waals surface area contributed by atoms with Gasteiger partial charge in [0.1, 0.15) is 0 Å². The van der Waals surface area contributed by atoms with Crippen molar-refractivity contribution in [3.05, 3.63) is 34.9 Å². The van der Waals surface area contributed by atoms with E-state index in [1.807, 2.05) is 12.1 Å². The first-order chi connectivity index (χ1) is 6.60. The maximum Gasteiger partial charge on any atom is 0.0430 e. The van der Waals surface area contributed by atoms with E-state index in [4.69, 9.17) is 23.2 Å². The number of benzene rings is 1. The van der Waals surface area contributed by atoms with E-state index in [2.05, 4.69) is 19.1 Å². The maximum absolute atomic E-state index is 6.36. The Morgan fingerprint density at radius 2 is 1.86 bits per heavy atom. The summed E-state index contributed by atoms with van der Waals surface area (Å²) < 4.78 is 0. The molecule has 0 heterocycles. The zero-order valence-corrected chi connectivity index (χ0v) is 9.78. The van der Waals surface area contributed by atoms with Gasteiger partial charge in [0.25, 0.3) is 0 Å². The molecule has 1 unspecified atom stereocenters. The lowest BCUT2D eigenvalue weighted by Crippen LogP contribution is -2.15. The van der Waals surface area contributed by atoms with E-state index in [0.717, 1.165) is 11.4 Å². The van der Waals surface area contributed by atoms with E-state index in [1.165, 1.54) is 18.4 Å². The molecule has 0 bridgehead atoms. The highest BCUT2D eigenvalue weighted by molar-refractivity contribution is 6.30. The predicted molar refractivity (Wildman–Crippen MR) is 62.1 cm³/mol. The summed E-state index contributed by atoms with van der Waals surface area (Å²) in [5, 5.41) is 1.06. The number of halogens is 2. The molecule has 0 nitrogen and oxygen atoms in total. The third-order valence-electron chi connectivity index (χ3n) is 3.12. The van der Waals surface area contributed by atoms with Gasteiger partial charge in [0.2, 0.25) is 0 Å². The minimum absolute atomic E-state index is 0.267. The van der Waals surface area contributed by atoms with Crippen molar-refractivity contribution >= 4 is 23.2 Å². The Balaban J connectivity index is 2.00. The SMILES string of the molecule is CC1(C(Cl)Cc2ccc(Cl)cc2)CC1. The summed E-state index contributed by atoms with van der Waals surface area (Å²) in [6.07, 6.45) is 3.50. The Morgan fingerprint density at radius 1 is 1.29 bits per heavy atom. The summed E-state index contributed by atoms with van der Waals surface area (Å²) in [4.78, 5) is 0. The van der Waals surface area contributed by atoms with E-state index >= 15 is 0 Å². The minimum Gasteiger partial charge on any atom is -0.122 e. The normalized spacial score (nSPS) is 20.5. The van der Waals surface area contributed by atoms with Crippen LogP contribution in [-0.2, 0) is 6.42 Å². The molecule has 0 spiro atoms. The second-order valence-corrected chi connectivity index (χ2v) is 5.42. The maximum atomic E-state index is 6.36. The highest BCUT2D eigenvalue weighted by atomic mass is 35.5. The molecule has 1 aliphatic rings. The van der Waals surface area contributed by atoms with Gasteiger partial charge in [-0.15, -0.1) is 11.6 Å². The van der Waals surface area contributed by atoms with Gasteiger partial charge in [0.05, 0.1) is 0 Å². The van der Waals surface area contributed by atoms with E-state index in [9.17, 15) is 0 Å². The summed E-state index contributed by atoms with van der Waals surface area (Å²) in [5.74, 6) is 0. The van der Waals surface area contributed by atoms with Crippen LogP contribution in [0.3, 0.4) is 0 Å². The molecule has 14 heavy (non-hydrogen) atoms. The summed E-state index contributed by atoms with van der Waals surface area (Å²) in [7, 11) is 0. The fraction of sp³-hybridized carbons (Fsp3) is 0.500. The average molecular weight is 229 g/mol. The number of rotatable bonds is 3. The first-order valence-electron chi connectivity index (χ1n) is 4.99.